The van der Waals surface area contributed by atoms with E-state index in [-0.39, 0.29) is 0 Å². The van der Waals surface area contributed by atoms with Crippen LogP contribution in [0.1, 0.15) is 69.5 Å². The van der Waals surface area contributed by atoms with E-state index in [1.807, 2.05) is 0 Å². The highest BCUT2D eigenvalue weighted by molar-refractivity contribution is 5.10. The standard InChI is InChI=1S/C14H23N3O/c1-3-7-15-12-6-4-5-10(12)14-16-13(17-18-14)11-8-9(11)2/h9-12,15H,3-8H2,1-2H3. The molecule has 0 radical (unpaired) electrons. The van der Waals surface area contributed by atoms with Crippen LogP contribution in [0.15, 0.2) is 4.52 Å². The first kappa shape index (κ1) is 12.2. The molecule has 4 unspecified atom stereocenters. The zero-order valence-corrected chi connectivity index (χ0v) is 11.4. The second-order valence-corrected chi connectivity index (χ2v) is 5.91. The molecule has 2 aliphatic carbocycles. The third kappa shape index (κ3) is 2.30. The van der Waals surface area contributed by atoms with Crippen LogP contribution >= 0.6 is 0 Å². The summed E-state index contributed by atoms with van der Waals surface area (Å²) < 4.78 is 5.51. The molecular weight excluding hydrogens is 226 g/mol. The average molecular weight is 249 g/mol. The molecular formula is C14H23N3O. The zero-order chi connectivity index (χ0) is 12.5. The zero-order valence-electron chi connectivity index (χ0n) is 11.4. The van der Waals surface area contributed by atoms with Crippen molar-refractivity contribution in [3.63, 3.8) is 0 Å². The van der Waals surface area contributed by atoms with Crippen molar-refractivity contribution in [3.8, 4) is 0 Å². The third-order valence-corrected chi connectivity index (χ3v) is 4.39. The molecule has 4 atom stereocenters. The average Bonchev–Trinajstić information content (AvgIpc) is 2.85. The van der Waals surface area contributed by atoms with E-state index in [0.29, 0.717) is 17.9 Å². The summed E-state index contributed by atoms with van der Waals surface area (Å²) >= 11 is 0. The summed E-state index contributed by atoms with van der Waals surface area (Å²) in [4.78, 5) is 4.65. The molecule has 4 nitrogen and oxygen atoms in total. The van der Waals surface area contributed by atoms with Gasteiger partial charge in [0.2, 0.25) is 5.89 Å². The molecule has 0 bridgehead atoms. The van der Waals surface area contributed by atoms with Gasteiger partial charge in [-0.15, -0.1) is 0 Å². The highest BCUT2D eigenvalue weighted by Gasteiger charge is 2.39. The minimum Gasteiger partial charge on any atom is -0.339 e. The van der Waals surface area contributed by atoms with E-state index in [1.165, 1.54) is 32.1 Å². The topological polar surface area (TPSA) is 51.0 Å². The van der Waals surface area contributed by atoms with E-state index in [0.717, 1.165) is 24.2 Å². The molecule has 2 aliphatic rings. The monoisotopic (exact) mass is 249 g/mol. The van der Waals surface area contributed by atoms with E-state index in [9.17, 15) is 0 Å². The molecule has 1 aromatic heterocycles. The van der Waals surface area contributed by atoms with Gasteiger partial charge in [-0.1, -0.05) is 25.4 Å². The Balaban J connectivity index is 1.67. The molecule has 0 amide bonds. The van der Waals surface area contributed by atoms with E-state index < -0.39 is 0 Å². The van der Waals surface area contributed by atoms with Gasteiger partial charge in [-0.3, -0.25) is 0 Å². The molecule has 1 aromatic rings. The van der Waals surface area contributed by atoms with Gasteiger partial charge in [0, 0.05) is 12.0 Å². The van der Waals surface area contributed by atoms with Crippen molar-refractivity contribution >= 4 is 0 Å². The molecule has 2 saturated carbocycles. The molecule has 1 heterocycles. The van der Waals surface area contributed by atoms with Gasteiger partial charge in [0.1, 0.15) is 0 Å². The predicted octanol–water partition coefficient (Wildman–Crippen LogP) is 2.83. The molecule has 0 aromatic carbocycles. The molecule has 18 heavy (non-hydrogen) atoms. The van der Waals surface area contributed by atoms with E-state index >= 15 is 0 Å². The lowest BCUT2D eigenvalue weighted by molar-refractivity contribution is 0.327. The van der Waals surface area contributed by atoms with Crippen molar-refractivity contribution in [3.05, 3.63) is 11.7 Å². The quantitative estimate of drug-likeness (QED) is 0.871. The smallest absolute Gasteiger partial charge is 0.231 e. The summed E-state index contributed by atoms with van der Waals surface area (Å²) in [5.74, 6) is 3.56. The number of nitrogens with one attached hydrogen (secondary N) is 1. The number of rotatable bonds is 5. The van der Waals surface area contributed by atoms with E-state index in [1.54, 1.807) is 0 Å². The molecule has 1 N–H and O–H groups in total. The number of aromatic nitrogens is 2. The minimum atomic E-state index is 0.437. The van der Waals surface area contributed by atoms with Gasteiger partial charge in [0.15, 0.2) is 5.82 Å². The first-order valence-corrected chi connectivity index (χ1v) is 7.36. The van der Waals surface area contributed by atoms with Gasteiger partial charge in [-0.25, -0.2) is 0 Å². The maximum absolute atomic E-state index is 5.51. The van der Waals surface area contributed by atoms with Crippen molar-refractivity contribution in [2.45, 2.75) is 63.8 Å². The highest BCUT2D eigenvalue weighted by Crippen LogP contribution is 2.46. The Morgan fingerprint density at radius 3 is 2.89 bits per heavy atom. The fourth-order valence-corrected chi connectivity index (χ4v) is 3.06. The van der Waals surface area contributed by atoms with Gasteiger partial charge in [-0.05, 0) is 38.1 Å². The van der Waals surface area contributed by atoms with Crippen LogP contribution in [0.3, 0.4) is 0 Å². The van der Waals surface area contributed by atoms with E-state index in [4.69, 9.17) is 4.52 Å². The minimum absolute atomic E-state index is 0.437. The highest BCUT2D eigenvalue weighted by atomic mass is 16.5. The normalized spacial score (nSPS) is 35.0. The Bertz CT molecular complexity index is 403. The van der Waals surface area contributed by atoms with Gasteiger partial charge in [-0.2, -0.15) is 4.98 Å². The Morgan fingerprint density at radius 2 is 2.17 bits per heavy atom. The fourth-order valence-electron chi connectivity index (χ4n) is 3.06. The Labute approximate surface area is 109 Å². The first-order chi connectivity index (χ1) is 8.79. The second-order valence-electron chi connectivity index (χ2n) is 5.91. The first-order valence-electron chi connectivity index (χ1n) is 7.36. The predicted molar refractivity (Wildman–Crippen MR) is 69.5 cm³/mol. The van der Waals surface area contributed by atoms with Crippen molar-refractivity contribution in [2.24, 2.45) is 5.92 Å². The summed E-state index contributed by atoms with van der Waals surface area (Å²) in [6.07, 6.45) is 6.09. The number of hydrogen-bond donors (Lipinski definition) is 1. The summed E-state index contributed by atoms with van der Waals surface area (Å²) in [6.45, 7) is 5.54. The summed E-state index contributed by atoms with van der Waals surface area (Å²) in [7, 11) is 0. The van der Waals surface area contributed by atoms with Crippen LogP contribution in [0.5, 0.6) is 0 Å². The van der Waals surface area contributed by atoms with Crippen molar-refractivity contribution in [1.29, 1.82) is 0 Å². The van der Waals surface area contributed by atoms with Crippen LogP contribution in [0.25, 0.3) is 0 Å². The number of hydrogen-bond acceptors (Lipinski definition) is 4. The molecule has 0 saturated heterocycles. The Hall–Kier alpha value is -0.900. The summed E-state index contributed by atoms with van der Waals surface area (Å²) in [6, 6.07) is 0.537. The third-order valence-electron chi connectivity index (χ3n) is 4.39. The van der Waals surface area contributed by atoms with Crippen LogP contribution in [0.4, 0.5) is 0 Å². The fraction of sp³-hybridized carbons (Fsp3) is 0.857. The Morgan fingerprint density at radius 1 is 1.33 bits per heavy atom. The lowest BCUT2D eigenvalue weighted by atomic mass is 10.0. The SMILES string of the molecule is CCCNC1CCCC1c1nc(C2CC2C)no1. The lowest BCUT2D eigenvalue weighted by Crippen LogP contribution is -2.31. The van der Waals surface area contributed by atoms with Crippen molar-refractivity contribution in [2.75, 3.05) is 6.54 Å². The van der Waals surface area contributed by atoms with Crippen LogP contribution < -0.4 is 5.32 Å². The maximum Gasteiger partial charge on any atom is 0.231 e. The van der Waals surface area contributed by atoms with Gasteiger partial charge in [0.05, 0.1) is 5.92 Å². The van der Waals surface area contributed by atoms with Gasteiger partial charge < -0.3 is 9.84 Å². The molecule has 0 spiro atoms. The molecule has 2 fully saturated rings. The maximum atomic E-state index is 5.51. The van der Waals surface area contributed by atoms with Gasteiger partial charge in [0.25, 0.3) is 0 Å². The Kier molecular flexibility index (Phi) is 3.37. The van der Waals surface area contributed by atoms with Gasteiger partial charge >= 0.3 is 0 Å². The molecule has 100 valence electrons. The van der Waals surface area contributed by atoms with Crippen LogP contribution in [-0.2, 0) is 0 Å². The summed E-state index contributed by atoms with van der Waals surface area (Å²) in [5, 5.41) is 7.79. The van der Waals surface area contributed by atoms with Crippen LogP contribution in [0, 0.1) is 5.92 Å². The van der Waals surface area contributed by atoms with Crippen molar-refractivity contribution in [1.82, 2.24) is 15.5 Å². The van der Waals surface area contributed by atoms with E-state index in [2.05, 4.69) is 29.3 Å². The van der Waals surface area contributed by atoms with Crippen LogP contribution in [-0.4, -0.2) is 22.7 Å². The second kappa shape index (κ2) is 5.00. The molecule has 0 aliphatic heterocycles. The summed E-state index contributed by atoms with van der Waals surface area (Å²) in [5.41, 5.74) is 0. The van der Waals surface area contributed by atoms with Crippen LogP contribution in [0.2, 0.25) is 0 Å². The lowest BCUT2D eigenvalue weighted by Gasteiger charge is -2.17. The van der Waals surface area contributed by atoms with Crippen molar-refractivity contribution < 1.29 is 4.52 Å². The molecule has 3 rings (SSSR count). The molecule has 4 heteroatoms. The largest absolute Gasteiger partial charge is 0.339 e. The number of nitrogens with zero attached hydrogens (tertiary/aromatic N) is 2.